The van der Waals surface area contributed by atoms with E-state index >= 15 is 0 Å². The molecule has 0 radical (unpaired) electrons. The molecule has 2 N–H and O–H groups in total. The second-order valence-electron chi connectivity index (χ2n) is 3.74. The van der Waals surface area contributed by atoms with Crippen LogP contribution in [0.5, 0.6) is 0 Å². The number of nitrogens with zero attached hydrogens (tertiary/aromatic N) is 1. The van der Waals surface area contributed by atoms with Crippen molar-refractivity contribution in [3.8, 4) is 0 Å². The maximum atomic E-state index is 11.5. The lowest BCUT2D eigenvalue weighted by molar-refractivity contribution is -0.119. The third-order valence-electron chi connectivity index (χ3n) is 2.53. The molecule has 0 bridgehead atoms. The van der Waals surface area contributed by atoms with Crippen molar-refractivity contribution in [1.82, 2.24) is 10.3 Å². The van der Waals surface area contributed by atoms with Gasteiger partial charge in [-0.25, -0.2) is 9.78 Å². The molecule has 0 saturated carbocycles. The van der Waals surface area contributed by atoms with E-state index in [0.717, 1.165) is 0 Å². The van der Waals surface area contributed by atoms with Gasteiger partial charge in [-0.1, -0.05) is 0 Å². The van der Waals surface area contributed by atoms with E-state index in [-0.39, 0.29) is 11.9 Å². The lowest BCUT2D eigenvalue weighted by Gasteiger charge is -2.13. The van der Waals surface area contributed by atoms with Gasteiger partial charge in [0.05, 0.1) is 13.2 Å². The molecule has 2 rings (SSSR count). The Morgan fingerprint density at radius 3 is 3.12 bits per heavy atom. The Kier molecular flexibility index (Phi) is 3.22. The predicted molar refractivity (Wildman–Crippen MR) is 60.6 cm³/mol. The summed E-state index contributed by atoms with van der Waals surface area (Å²) in [5.74, 6) is -0.00298. The van der Waals surface area contributed by atoms with E-state index in [0.29, 0.717) is 24.3 Å². The first-order valence-electron chi connectivity index (χ1n) is 5.27. The highest BCUT2D eigenvalue weighted by molar-refractivity contribution is 5.94. The van der Waals surface area contributed by atoms with Crippen molar-refractivity contribution < 1.29 is 14.3 Å². The van der Waals surface area contributed by atoms with Crippen molar-refractivity contribution in [2.75, 3.05) is 19.0 Å². The average molecular weight is 235 g/mol. The van der Waals surface area contributed by atoms with Crippen molar-refractivity contribution in [1.29, 1.82) is 0 Å². The number of methoxy groups -OCH3 is 1. The summed E-state index contributed by atoms with van der Waals surface area (Å²) in [5, 5.41) is 5.77. The van der Waals surface area contributed by atoms with E-state index in [4.69, 9.17) is 0 Å². The molecule has 17 heavy (non-hydrogen) atoms. The minimum Gasteiger partial charge on any atom is -0.465 e. The smallest absolute Gasteiger partial charge is 0.341 e. The van der Waals surface area contributed by atoms with Gasteiger partial charge in [-0.2, -0.15) is 0 Å². The van der Waals surface area contributed by atoms with Crippen LogP contribution in [0.25, 0.3) is 0 Å². The number of ether oxygens (including phenoxy) is 1. The summed E-state index contributed by atoms with van der Waals surface area (Å²) in [6.45, 7) is 0.538. The van der Waals surface area contributed by atoms with Gasteiger partial charge >= 0.3 is 5.97 Å². The van der Waals surface area contributed by atoms with Crippen molar-refractivity contribution in [2.24, 2.45) is 0 Å². The van der Waals surface area contributed by atoms with Crippen LogP contribution in [0, 0.1) is 0 Å². The first kappa shape index (κ1) is 11.4. The molecule has 0 aliphatic carbocycles. The van der Waals surface area contributed by atoms with E-state index in [2.05, 4.69) is 20.4 Å². The number of hydrogen-bond donors (Lipinski definition) is 2. The zero-order valence-electron chi connectivity index (χ0n) is 9.40. The van der Waals surface area contributed by atoms with Crippen LogP contribution in [-0.2, 0) is 9.53 Å². The molecular weight excluding hydrogens is 222 g/mol. The highest BCUT2D eigenvalue weighted by atomic mass is 16.5. The number of hydrogen-bond acceptors (Lipinski definition) is 5. The molecule has 1 saturated heterocycles. The number of rotatable bonds is 3. The standard InChI is InChI=1S/C11H13N3O3/c1-17-11(16)8-3-2-4-12-10(8)14-7-5-9(15)13-6-7/h2-4,7H,5-6H2,1H3,(H,12,14)(H,13,15). The van der Waals surface area contributed by atoms with Crippen molar-refractivity contribution in [3.05, 3.63) is 23.9 Å². The molecule has 1 fully saturated rings. The van der Waals surface area contributed by atoms with Gasteiger partial charge in [-0.3, -0.25) is 4.79 Å². The lowest BCUT2D eigenvalue weighted by atomic mass is 10.2. The molecule has 1 aromatic rings. The molecule has 1 amide bonds. The van der Waals surface area contributed by atoms with Crippen LogP contribution in [0.15, 0.2) is 18.3 Å². The second kappa shape index (κ2) is 4.82. The zero-order valence-corrected chi connectivity index (χ0v) is 9.40. The Hall–Kier alpha value is -2.11. The van der Waals surface area contributed by atoms with Gasteiger partial charge < -0.3 is 15.4 Å². The van der Waals surface area contributed by atoms with Crippen LogP contribution in [-0.4, -0.2) is 36.6 Å². The fraction of sp³-hybridized carbons (Fsp3) is 0.364. The topological polar surface area (TPSA) is 80.3 Å². The van der Waals surface area contributed by atoms with Gasteiger partial charge in [0.2, 0.25) is 5.91 Å². The van der Waals surface area contributed by atoms with Crippen LogP contribution < -0.4 is 10.6 Å². The number of aromatic nitrogens is 1. The number of esters is 1. The fourth-order valence-corrected chi connectivity index (χ4v) is 1.70. The number of pyridine rings is 1. The van der Waals surface area contributed by atoms with Crippen LogP contribution in [0.3, 0.4) is 0 Å². The summed E-state index contributed by atoms with van der Waals surface area (Å²) in [6, 6.07) is 3.25. The van der Waals surface area contributed by atoms with E-state index < -0.39 is 5.97 Å². The summed E-state index contributed by atoms with van der Waals surface area (Å²) in [4.78, 5) is 26.6. The molecule has 1 aromatic heterocycles. The third-order valence-corrected chi connectivity index (χ3v) is 2.53. The highest BCUT2D eigenvalue weighted by Gasteiger charge is 2.23. The molecule has 90 valence electrons. The van der Waals surface area contributed by atoms with Gasteiger partial charge in [0.15, 0.2) is 0 Å². The second-order valence-corrected chi connectivity index (χ2v) is 3.74. The highest BCUT2D eigenvalue weighted by Crippen LogP contribution is 2.15. The monoisotopic (exact) mass is 235 g/mol. The minimum absolute atomic E-state index is 0.00181. The first-order chi connectivity index (χ1) is 8.20. The third kappa shape index (κ3) is 2.52. The fourth-order valence-electron chi connectivity index (χ4n) is 1.70. The lowest BCUT2D eigenvalue weighted by Crippen LogP contribution is -2.24. The summed E-state index contributed by atoms with van der Waals surface area (Å²) in [5.41, 5.74) is 0.370. The van der Waals surface area contributed by atoms with Gasteiger partial charge in [0.25, 0.3) is 0 Å². The summed E-state index contributed by atoms with van der Waals surface area (Å²) in [7, 11) is 1.32. The predicted octanol–water partition coefficient (Wildman–Crippen LogP) is 0.169. The minimum atomic E-state index is -0.446. The summed E-state index contributed by atoms with van der Waals surface area (Å²) >= 11 is 0. The van der Waals surface area contributed by atoms with Gasteiger partial charge in [-0.05, 0) is 12.1 Å². The van der Waals surface area contributed by atoms with Crippen LogP contribution >= 0.6 is 0 Å². The molecular formula is C11H13N3O3. The number of carbonyl (C=O) groups is 2. The van der Waals surface area contributed by atoms with E-state index in [1.165, 1.54) is 7.11 Å². The number of nitrogens with one attached hydrogen (secondary N) is 2. The van der Waals surface area contributed by atoms with Crippen LogP contribution in [0.4, 0.5) is 5.82 Å². The maximum absolute atomic E-state index is 11.5. The first-order valence-corrected chi connectivity index (χ1v) is 5.27. The summed E-state index contributed by atoms with van der Waals surface area (Å²) < 4.78 is 4.66. The van der Waals surface area contributed by atoms with Gasteiger partial charge in [0, 0.05) is 19.2 Å². The Morgan fingerprint density at radius 1 is 1.65 bits per heavy atom. The van der Waals surface area contributed by atoms with Crippen LogP contribution in [0.2, 0.25) is 0 Å². The van der Waals surface area contributed by atoms with E-state index in [1.54, 1.807) is 18.3 Å². The Bertz CT molecular complexity index is 447. The van der Waals surface area contributed by atoms with Gasteiger partial charge in [0.1, 0.15) is 11.4 Å². The van der Waals surface area contributed by atoms with Crippen molar-refractivity contribution >= 4 is 17.7 Å². The molecule has 1 atom stereocenters. The molecule has 0 spiro atoms. The number of carbonyl (C=O) groups excluding carboxylic acids is 2. The number of amides is 1. The molecule has 0 aromatic carbocycles. The molecule has 1 aliphatic rings. The summed E-state index contributed by atoms with van der Waals surface area (Å²) in [6.07, 6.45) is 1.97. The maximum Gasteiger partial charge on any atom is 0.341 e. The Morgan fingerprint density at radius 2 is 2.47 bits per heavy atom. The normalized spacial score (nSPS) is 18.6. The van der Waals surface area contributed by atoms with Crippen molar-refractivity contribution in [3.63, 3.8) is 0 Å². The SMILES string of the molecule is COC(=O)c1cccnc1NC1CNC(=O)C1. The zero-order chi connectivity index (χ0) is 12.3. The molecule has 6 nitrogen and oxygen atoms in total. The van der Waals surface area contributed by atoms with Crippen LogP contribution in [0.1, 0.15) is 16.8 Å². The largest absolute Gasteiger partial charge is 0.465 e. The molecule has 2 heterocycles. The van der Waals surface area contributed by atoms with Crippen molar-refractivity contribution in [2.45, 2.75) is 12.5 Å². The quantitative estimate of drug-likeness (QED) is 0.730. The molecule has 1 aliphatic heterocycles. The Balaban J connectivity index is 2.15. The number of anilines is 1. The van der Waals surface area contributed by atoms with Gasteiger partial charge in [-0.15, -0.1) is 0 Å². The molecule has 6 heteroatoms. The average Bonchev–Trinajstić information content (AvgIpc) is 2.74. The molecule has 1 unspecified atom stereocenters. The van der Waals surface area contributed by atoms with E-state index in [9.17, 15) is 9.59 Å². The van der Waals surface area contributed by atoms with E-state index in [1.807, 2.05) is 0 Å². The Labute approximate surface area is 98.4 Å².